The van der Waals surface area contributed by atoms with Crippen molar-refractivity contribution in [3.63, 3.8) is 0 Å². The molecule has 0 aliphatic carbocycles. The van der Waals surface area contributed by atoms with Crippen LogP contribution in [0.5, 0.6) is 0 Å². The summed E-state index contributed by atoms with van der Waals surface area (Å²) in [5, 5.41) is 0. The van der Waals surface area contributed by atoms with Crippen LogP contribution < -0.4 is 5.73 Å². The van der Waals surface area contributed by atoms with E-state index in [-0.39, 0.29) is 6.10 Å². The van der Waals surface area contributed by atoms with Crippen LogP contribution in [0.4, 0.5) is 0 Å². The molecule has 58 valence electrons. The van der Waals surface area contributed by atoms with Crippen LogP contribution in [-0.4, -0.2) is 18.2 Å². The van der Waals surface area contributed by atoms with Crippen molar-refractivity contribution in [2.24, 2.45) is 10.7 Å². The van der Waals surface area contributed by atoms with E-state index in [9.17, 15) is 0 Å². The molecule has 0 unspecified atom stereocenters. The van der Waals surface area contributed by atoms with Crippen molar-refractivity contribution in [3.8, 4) is 0 Å². The second-order valence-corrected chi connectivity index (χ2v) is 2.51. The SMILES string of the molecule is CC[C@@H]1OC(N)=N[C@@H]1CC. The molecule has 0 aromatic carbocycles. The van der Waals surface area contributed by atoms with Gasteiger partial charge in [0.15, 0.2) is 0 Å². The topological polar surface area (TPSA) is 47.6 Å². The molecule has 3 nitrogen and oxygen atoms in total. The minimum atomic E-state index is 0.227. The van der Waals surface area contributed by atoms with Crippen LogP contribution in [0, 0.1) is 0 Å². The van der Waals surface area contributed by atoms with E-state index in [1.165, 1.54) is 0 Å². The summed E-state index contributed by atoms with van der Waals surface area (Å²) in [4.78, 5) is 4.13. The molecule has 1 aliphatic rings. The third-order valence-corrected chi connectivity index (χ3v) is 1.81. The molecule has 0 aromatic rings. The van der Waals surface area contributed by atoms with E-state index in [0.717, 1.165) is 12.8 Å². The van der Waals surface area contributed by atoms with E-state index in [1.54, 1.807) is 0 Å². The fourth-order valence-corrected chi connectivity index (χ4v) is 1.22. The molecule has 2 N–H and O–H groups in total. The van der Waals surface area contributed by atoms with Crippen LogP contribution >= 0.6 is 0 Å². The maximum absolute atomic E-state index is 5.39. The first-order chi connectivity index (χ1) is 4.77. The van der Waals surface area contributed by atoms with Crippen molar-refractivity contribution >= 4 is 6.02 Å². The van der Waals surface area contributed by atoms with Gasteiger partial charge in [0.1, 0.15) is 6.10 Å². The van der Waals surface area contributed by atoms with Crippen molar-refractivity contribution in [1.29, 1.82) is 0 Å². The molecule has 3 heteroatoms. The summed E-state index contributed by atoms with van der Waals surface area (Å²) in [6.07, 6.45) is 2.23. The smallest absolute Gasteiger partial charge is 0.282 e. The molecule has 0 radical (unpaired) electrons. The first kappa shape index (κ1) is 7.38. The number of aliphatic imine (C=N–C) groups is 1. The van der Waals surface area contributed by atoms with Crippen molar-refractivity contribution in [2.75, 3.05) is 0 Å². The average Bonchev–Trinajstić information content (AvgIpc) is 2.30. The average molecular weight is 142 g/mol. The summed E-state index contributed by atoms with van der Waals surface area (Å²) >= 11 is 0. The molecular weight excluding hydrogens is 128 g/mol. The zero-order valence-corrected chi connectivity index (χ0v) is 6.50. The molecule has 0 bridgehead atoms. The van der Waals surface area contributed by atoms with E-state index in [2.05, 4.69) is 18.8 Å². The molecule has 0 saturated heterocycles. The number of hydrogen-bond donors (Lipinski definition) is 1. The summed E-state index contributed by atoms with van der Waals surface area (Å²) < 4.78 is 5.24. The van der Waals surface area contributed by atoms with Gasteiger partial charge in [-0.2, -0.15) is 0 Å². The third kappa shape index (κ3) is 1.23. The Hall–Kier alpha value is -0.730. The fraction of sp³-hybridized carbons (Fsp3) is 0.857. The zero-order valence-electron chi connectivity index (χ0n) is 6.50. The molecule has 0 aromatic heterocycles. The molecule has 10 heavy (non-hydrogen) atoms. The Labute approximate surface area is 61.3 Å². The lowest BCUT2D eigenvalue weighted by molar-refractivity contribution is 0.182. The molecule has 1 rings (SSSR count). The predicted octanol–water partition coefficient (Wildman–Crippen LogP) is 0.888. The molecule has 0 saturated carbocycles. The van der Waals surface area contributed by atoms with E-state index in [4.69, 9.17) is 10.5 Å². The van der Waals surface area contributed by atoms with E-state index in [1.807, 2.05) is 0 Å². The minimum Gasteiger partial charge on any atom is -0.460 e. The normalized spacial score (nSPS) is 31.6. The Morgan fingerprint density at radius 1 is 1.50 bits per heavy atom. The Balaban J connectivity index is 2.52. The second kappa shape index (κ2) is 2.90. The van der Waals surface area contributed by atoms with Crippen LogP contribution in [0.2, 0.25) is 0 Å². The number of nitrogens with zero attached hydrogens (tertiary/aromatic N) is 1. The Bertz CT molecular complexity index is 145. The van der Waals surface area contributed by atoms with E-state index >= 15 is 0 Å². The van der Waals surface area contributed by atoms with Gasteiger partial charge in [-0.15, -0.1) is 0 Å². The molecule has 0 spiro atoms. The molecule has 1 heterocycles. The first-order valence-electron chi connectivity index (χ1n) is 3.77. The Kier molecular flexibility index (Phi) is 2.14. The summed E-state index contributed by atoms with van der Waals surface area (Å²) in [7, 11) is 0. The fourth-order valence-electron chi connectivity index (χ4n) is 1.22. The van der Waals surface area contributed by atoms with Crippen LogP contribution in [0.25, 0.3) is 0 Å². The number of nitrogens with two attached hydrogens (primary N) is 1. The molecular formula is C7H14N2O. The van der Waals surface area contributed by atoms with Gasteiger partial charge in [0, 0.05) is 0 Å². The highest BCUT2D eigenvalue weighted by Crippen LogP contribution is 2.16. The maximum atomic E-state index is 5.39. The standard InChI is InChI=1S/C7H14N2O/c1-3-5-6(4-2)10-7(8)9-5/h5-6H,3-4H2,1-2H3,(H2,8,9)/t5-,6+/m1/s1. The van der Waals surface area contributed by atoms with Gasteiger partial charge in [-0.25, -0.2) is 4.99 Å². The van der Waals surface area contributed by atoms with Gasteiger partial charge in [-0.1, -0.05) is 13.8 Å². The summed E-state index contributed by atoms with van der Waals surface area (Å²) in [5.41, 5.74) is 5.39. The minimum absolute atomic E-state index is 0.227. The molecule has 2 atom stereocenters. The zero-order chi connectivity index (χ0) is 7.56. The lowest BCUT2D eigenvalue weighted by atomic mass is 10.1. The number of ether oxygens (including phenoxy) is 1. The van der Waals surface area contributed by atoms with Gasteiger partial charge in [0.2, 0.25) is 0 Å². The first-order valence-corrected chi connectivity index (χ1v) is 3.77. The molecule has 0 fully saturated rings. The van der Waals surface area contributed by atoms with Crippen LogP contribution in [-0.2, 0) is 4.74 Å². The maximum Gasteiger partial charge on any atom is 0.282 e. The van der Waals surface area contributed by atoms with Gasteiger partial charge in [0.25, 0.3) is 6.02 Å². The lowest BCUT2D eigenvalue weighted by Gasteiger charge is -2.12. The Morgan fingerprint density at radius 3 is 2.60 bits per heavy atom. The van der Waals surface area contributed by atoms with E-state index in [0.29, 0.717) is 12.1 Å². The summed E-state index contributed by atoms with van der Waals surface area (Å²) in [6, 6.07) is 0.656. The van der Waals surface area contributed by atoms with Crippen LogP contribution in [0.15, 0.2) is 4.99 Å². The monoisotopic (exact) mass is 142 g/mol. The highest BCUT2D eigenvalue weighted by atomic mass is 16.5. The Morgan fingerprint density at radius 2 is 2.20 bits per heavy atom. The third-order valence-electron chi connectivity index (χ3n) is 1.81. The van der Waals surface area contributed by atoms with Crippen molar-refractivity contribution in [1.82, 2.24) is 0 Å². The van der Waals surface area contributed by atoms with Gasteiger partial charge in [-0.05, 0) is 12.8 Å². The van der Waals surface area contributed by atoms with Gasteiger partial charge < -0.3 is 10.5 Å². The molecule has 1 aliphatic heterocycles. The van der Waals surface area contributed by atoms with Gasteiger partial charge in [0.05, 0.1) is 6.04 Å². The van der Waals surface area contributed by atoms with E-state index < -0.39 is 0 Å². The summed E-state index contributed by atoms with van der Waals surface area (Å²) in [6.45, 7) is 4.18. The highest BCUT2D eigenvalue weighted by molar-refractivity contribution is 5.73. The van der Waals surface area contributed by atoms with Gasteiger partial charge in [-0.3, -0.25) is 0 Å². The predicted molar refractivity (Wildman–Crippen MR) is 40.9 cm³/mol. The van der Waals surface area contributed by atoms with Gasteiger partial charge >= 0.3 is 0 Å². The van der Waals surface area contributed by atoms with Crippen molar-refractivity contribution < 1.29 is 4.74 Å². The van der Waals surface area contributed by atoms with Crippen LogP contribution in [0.3, 0.4) is 0 Å². The van der Waals surface area contributed by atoms with Crippen LogP contribution in [0.1, 0.15) is 26.7 Å². The van der Waals surface area contributed by atoms with Crippen molar-refractivity contribution in [3.05, 3.63) is 0 Å². The van der Waals surface area contributed by atoms with Crippen molar-refractivity contribution in [2.45, 2.75) is 38.8 Å². The number of amidine groups is 1. The lowest BCUT2D eigenvalue weighted by Crippen LogP contribution is -2.22. The summed E-state index contributed by atoms with van der Waals surface area (Å²) in [5.74, 6) is 0. The second-order valence-electron chi connectivity index (χ2n) is 2.51. The quantitative estimate of drug-likeness (QED) is 0.622. The molecule has 0 amide bonds. The number of hydrogen-bond acceptors (Lipinski definition) is 3. The highest BCUT2D eigenvalue weighted by Gasteiger charge is 2.25. The number of rotatable bonds is 2. The largest absolute Gasteiger partial charge is 0.460 e.